The molecule has 29 rings (SSSR count). The summed E-state index contributed by atoms with van der Waals surface area (Å²) in [5.74, 6) is 0. The van der Waals surface area contributed by atoms with Crippen molar-refractivity contribution >= 4 is 270 Å². The predicted octanol–water partition coefficient (Wildman–Crippen LogP) is 28.5. The maximum Gasteiger partial charge on any atom is 0.173 e. The van der Waals surface area contributed by atoms with Gasteiger partial charge in [-0.3, -0.25) is 13.2 Å². The average molecular weight is 1810 g/mol. The van der Waals surface area contributed by atoms with Crippen LogP contribution in [0.1, 0.15) is 0 Å². The van der Waals surface area contributed by atoms with Crippen LogP contribution < -0.4 is 47.7 Å². The molecule has 137 heavy (non-hydrogen) atoms. The number of aromatic nitrogens is 6. The van der Waals surface area contributed by atoms with Gasteiger partial charge in [-0.1, -0.05) is 358 Å². The van der Waals surface area contributed by atoms with Gasteiger partial charge in [-0.15, -0.1) is 0 Å². The van der Waals surface area contributed by atoms with Gasteiger partial charge in [-0.05, 0) is 224 Å². The highest BCUT2D eigenvalue weighted by atomic mass is 31.2. The Morgan fingerprint density at radius 3 is 1.01 bits per heavy atom. The third-order valence-corrected chi connectivity index (χ3v) is 37.5. The largest absolute Gasteiger partial charge is 0.309 e. The molecule has 642 valence electrons. The van der Waals surface area contributed by atoms with Crippen LogP contribution in [0.4, 0.5) is 0 Å². The first-order valence-corrected chi connectivity index (χ1v) is 51.4. The summed E-state index contributed by atoms with van der Waals surface area (Å²) in [7, 11) is -10.0. The maximum atomic E-state index is 16.3. The Morgan fingerprint density at radius 2 is 0.467 bits per heavy atom. The topological polar surface area (TPSA) is 103 Å². The highest BCUT2D eigenvalue weighted by Crippen LogP contribution is 2.51. The average Bonchev–Trinajstić information content (AvgIpc) is 1.66. The molecule has 0 aliphatic carbocycles. The first kappa shape index (κ1) is 79.9. The van der Waals surface area contributed by atoms with Crippen LogP contribution in [0.25, 0.3) is 201 Å². The van der Waals surface area contributed by atoms with Crippen LogP contribution >= 0.6 is 21.4 Å². The van der Waals surface area contributed by atoms with Gasteiger partial charge in [0.25, 0.3) is 0 Å². The zero-order chi connectivity index (χ0) is 90.8. The van der Waals surface area contributed by atoms with Crippen molar-refractivity contribution in [3.05, 3.63) is 479 Å². The van der Waals surface area contributed by atoms with E-state index in [0.29, 0.717) is 0 Å². The summed E-state index contributed by atoms with van der Waals surface area (Å²) < 4.78 is 55.1. The van der Waals surface area contributed by atoms with Crippen molar-refractivity contribution in [2.75, 3.05) is 0 Å². The summed E-state index contributed by atoms with van der Waals surface area (Å²) in [6, 6.07) is 166. The minimum absolute atomic E-state index is 0.801. The highest BCUT2D eigenvalue weighted by molar-refractivity contribution is 7.86. The van der Waals surface area contributed by atoms with E-state index in [1.54, 1.807) is 0 Å². The Bertz CT molecular complexity index is 10400. The van der Waals surface area contributed by atoms with Crippen molar-refractivity contribution in [3.63, 3.8) is 0 Å². The summed E-state index contributed by atoms with van der Waals surface area (Å²) in [6.45, 7) is 0. The zero-order valence-electron chi connectivity index (χ0n) is 73.9. The Hall–Kier alpha value is -16.8. The van der Waals surface area contributed by atoms with Crippen molar-refractivity contribution in [1.82, 2.24) is 28.2 Å². The lowest BCUT2D eigenvalue weighted by molar-refractivity contribution is 0.591. The molecule has 0 saturated heterocycles. The van der Waals surface area contributed by atoms with Crippen molar-refractivity contribution < 1.29 is 13.7 Å². The summed E-state index contributed by atoms with van der Waals surface area (Å²) in [5.41, 5.74) is 11.6. The van der Waals surface area contributed by atoms with E-state index >= 15 is 13.7 Å². The van der Waals surface area contributed by atoms with Crippen LogP contribution in [0, 0.1) is 0 Å². The number of pyridine rings is 3. The minimum atomic E-state index is -3.38. The molecule has 0 radical (unpaired) electrons. The molecule has 9 nitrogen and oxygen atoms in total. The second-order valence-electron chi connectivity index (χ2n) is 35.8. The number of fused-ring (bicyclic) bond motifs is 33. The lowest BCUT2D eigenvalue weighted by Crippen LogP contribution is -2.26. The monoisotopic (exact) mass is 1800 g/mol. The molecule has 12 heteroatoms. The highest BCUT2D eigenvalue weighted by Gasteiger charge is 2.37. The second kappa shape index (κ2) is 31.4. The maximum absolute atomic E-state index is 16.3. The molecule has 6 heterocycles. The van der Waals surface area contributed by atoms with Crippen molar-refractivity contribution in [3.8, 4) is 0 Å². The van der Waals surface area contributed by atoms with Crippen LogP contribution in [0.2, 0.25) is 0 Å². The molecule has 0 N–H and O–H groups in total. The molecule has 0 spiro atoms. The van der Waals surface area contributed by atoms with Gasteiger partial charge in [0, 0.05) is 80.1 Å². The molecule has 0 aliphatic rings. The molecular formula is C125H79N6O3P3. The van der Waals surface area contributed by atoms with E-state index in [-0.39, 0.29) is 0 Å². The van der Waals surface area contributed by atoms with Crippen molar-refractivity contribution in [2.24, 2.45) is 0 Å². The van der Waals surface area contributed by atoms with Gasteiger partial charge in [-0.2, -0.15) is 0 Å². The fourth-order valence-corrected chi connectivity index (χ4v) is 30.2. The molecule has 6 aromatic heterocycles. The van der Waals surface area contributed by atoms with Gasteiger partial charge < -0.3 is 13.7 Å². The number of hydrogen-bond donors (Lipinski definition) is 0. The number of hydrogen-bond acceptors (Lipinski definition) is 6. The third-order valence-electron chi connectivity index (χ3n) is 28.3. The minimum Gasteiger partial charge on any atom is -0.309 e. The predicted molar refractivity (Wildman–Crippen MR) is 581 cm³/mol. The van der Waals surface area contributed by atoms with Gasteiger partial charge in [0.1, 0.15) is 16.9 Å². The van der Waals surface area contributed by atoms with Crippen LogP contribution in [0.3, 0.4) is 0 Å². The first-order chi connectivity index (χ1) is 67.5. The molecule has 0 fully saturated rings. The molecule has 0 amide bonds. The Morgan fingerprint density at radius 1 is 0.153 bits per heavy atom. The van der Waals surface area contributed by atoms with E-state index in [1.807, 2.05) is 127 Å². The molecule has 0 saturated carbocycles. The third kappa shape index (κ3) is 12.6. The SMILES string of the molecule is O=P(c1ccc2ccccc2c1)(c1ccc2c(c1)c1cc3ccccc3cc1c1nc3ccccc3n21)c1cccc2ccccc12.O=P(c1ccccc1)(c1ccc2c(ccc3ccccc32)c1)c1ccc2c3cc4ccccc4cc3c3nc4ccccc4n3c2c1.O=P(c1ccccc1)(c1ccc2ccccc2c1)c1cccc2c3cc4ccccc4cc3c3nc4ccccc4n3c12. The molecule has 23 aromatic carbocycles. The van der Waals surface area contributed by atoms with Crippen molar-refractivity contribution in [1.29, 1.82) is 0 Å². The molecule has 3 unspecified atom stereocenters. The van der Waals surface area contributed by atoms with Gasteiger partial charge >= 0.3 is 0 Å². The van der Waals surface area contributed by atoms with E-state index < -0.39 is 21.4 Å². The molecule has 3 atom stereocenters. The number of benzene rings is 23. The Kier molecular flexibility index (Phi) is 18.3. The molecular weight excluding hydrogens is 1730 g/mol. The van der Waals surface area contributed by atoms with E-state index in [9.17, 15) is 0 Å². The number of nitrogens with zero attached hydrogens (tertiary/aromatic N) is 6. The molecule has 29 aromatic rings. The Labute approximate surface area is 785 Å². The van der Waals surface area contributed by atoms with Crippen molar-refractivity contribution in [2.45, 2.75) is 0 Å². The van der Waals surface area contributed by atoms with Crippen LogP contribution in [-0.4, -0.2) is 28.2 Å². The normalized spacial score (nSPS) is 13.4. The summed E-state index contributed by atoms with van der Waals surface area (Å²) in [6.07, 6.45) is 0. The fraction of sp³-hybridized carbons (Fsp3) is 0. The summed E-state index contributed by atoms with van der Waals surface area (Å²) in [4.78, 5) is 15.5. The lowest BCUT2D eigenvalue weighted by Gasteiger charge is -2.23. The quantitative estimate of drug-likeness (QED) is 0.0810. The lowest BCUT2D eigenvalue weighted by atomic mass is 10.0. The van der Waals surface area contributed by atoms with Gasteiger partial charge in [0.15, 0.2) is 21.4 Å². The number of rotatable bonds is 9. The smallest absolute Gasteiger partial charge is 0.173 e. The Balaban J connectivity index is 0.000000104. The van der Waals surface area contributed by atoms with E-state index in [2.05, 4.69) is 365 Å². The number of para-hydroxylation sites is 7. The van der Waals surface area contributed by atoms with Crippen LogP contribution in [-0.2, 0) is 13.7 Å². The van der Waals surface area contributed by atoms with Crippen LogP contribution in [0.5, 0.6) is 0 Å². The summed E-state index contributed by atoms with van der Waals surface area (Å²) in [5, 5.41) is 35.4. The zero-order valence-corrected chi connectivity index (χ0v) is 76.5. The van der Waals surface area contributed by atoms with E-state index in [0.717, 1.165) is 206 Å². The molecule has 0 aliphatic heterocycles. The number of imidazole rings is 3. The molecule has 0 bridgehead atoms. The van der Waals surface area contributed by atoms with E-state index in [4.69, 9.17) is 15.0 Å². The van der Waals surface area contributed by atoms with Gasteiger partial charge in [0.05, 0.1) is 49.7 Å². The summed E-state index contributed by atoms with van der Waals surface area (Å²) >= 11 is 0. The first-order valence-electron chi connectivity index (χ1n) is 46.3. The standard InChI is InChI=1S/2C43H27N2OP.C39H25N2OP/c46-47(33-21-20-28-10-1-2-12-30(28)24-33,42-19-9-15-29-11-5-6-16-35(29)42)34-22-23-40-37(27-34)36-25-31-13-3-4-14-32(31)26-38(36)43-44-39-17-7-8-18-41(39)45(40)43;46-47(32-13-2-1-3-14-32,33-20-22-36-31(24-33)19-18-28-10-6-7-15-35(28)36)34-21-23-37-38-25-29-11-4-5-12-30(29)26-39(38)43-44-40-16-8-9-17-41(40)45(43)42(37)27-34;42-43(30-15-2-1-3-16-30,31-22-21-26-11-4-5-12-27(26)23-31)37-20-10-17-32-33-24-28-13-6-7-14-29(28)25-34(33)39-40-35-18-8-9-19-36(35)41(39)38(32)37/h2*1-27H;1-25H. The second-order valence-corrected chi connectivity index (χ2v) is 44.1. The van der Waals surface area contributed by atoms with E-state index in [1.165, 1.54) is 43.1 Å². The van der Waals surface area contributed by atoms with Crippen LogP contribution in [0.15, 0.2) is 479 Å². The van der Waals surface area contributed by atoms with Gasteiger partial charge in [-0.25, -0.2) is 15.0 Å². The van der Waals surface area contributed by atoms with Gasteiger partial charge in [0.2, 0.25) is 0 Å². The fourth-order valence-electron chi connectivity index (χ4n) is 21.8.